The summed E-state index contributed by atoms with van der Waals surface area (Å²) in [5.74, 6) is -1.75. The van der Waals surface area contributed by atoms with Crippen molar-refractivity contribution in [3.05, 3.63) is 98.3 Å². The predicted molar refractivity (Wildman–Crippen MR) is 127 cm³/mol. The molecule has 1 unspecified atom stereocenters. The third kappa shape index (κ3) is 4.42. The van der Waals surface area contributed by atoms with E-state index in [4.69, 9.17) is 39.5 Å². The van der Waals surface area contributed by atoms with Crippen molar-refractivity contribution in [1.29, 1.82) is 0 Å². The molecule has 0 spiro atoms. The molecule has 0 bridgehead atoms. The lowest BCUT2D eigenvalue weighted by Gasteiger charge is -2.25. The molecule has 4 rings (SSSR count). The molecule has 1 aliphatic rings. The Morgan fingerprint density at radius 3 is 2.30 bits per heavy atom. The van der Waals surface area contributed by atoms with Crippen LogP contribution in [0.2, 0.25) is 15.1 Å². The molecule has 2 aromatic carbocycles. The number of aliphatic hydroxyl groups is 1. The monoisotopic (exact) mass is 502 g/mol. The van der Waals surface area contributed by atoms with E-state index in [9.17, 15) is 14.7 Å². The van der Waals surface area contributed by atoms with Gasteiger partial charge in [-0.2, -0.15) is 0 Å². The standard InChI is InChI=1S/C24H17Cl3N2O4/c1-33-23-17(26)10-14(11-18(23)27)21(30)19-20(13-5-7-15(25)8-6-13)29(24(32)22(19)31)12-16-4-2-3-9-28-16/h2-11,20,30H,12H2,1H3/b21-19+. The summed E-state index contributed by atoms with van der Waals surface area (Å²) in [6, 6.07) is 14.0. The number of nitrogens with zero attached hydrogens (tertiary/aromatic N) is 2. The molecule has 2 heterocycles. The van der Waals surface area contributed by atoms with Crippen LogP contribution >= 0.6 is 34.8 Å². The van der Waals surface area contributed by atoms with Gasteiger partial charge >= 0.3 is 0 Å². The number of ketones is 1. The molecule has 1 atom stereocenters. The zero-order valence-corrected chi connectivity index (χ0v) is 19.5. The van der Waals surface area contributed by atoms with E-state index in [-0.39, 0.29) is 33.5 Å². The van der Waals surface area contributed by atoms with Crippen LogP contribution in [0.1, 0.15) is 22.9 Å². The number of halogens is 3. The summed E-state index contributed by atoms with van der Waals surface area (Å²) in [7, 11) is 1.41. The number of carbonyl (C=O) groups is 2. The van der Waals surface area contributed by atoms with Crippen LogP contribution in [-0.4, -0.2) is 33.8 Å². The maximum atomic E-state index is 13.1. The molecule has 6 nitrogen and oxygen atoms in total. The molecule has 1 fully saturated rings. The van der Waals surface area contributed by atoms with Crippen molar-refractivity contribution < 1.29 is 19.4 Å². The van der Waals surface area contributed by atoms with Gasteiger partial charge in [0.25, 0.3) is 11.7 Å². The first-order chi connectivity index (χ1) is 15.8. The van der Waals surface area contributed by atoms with Crippen LogP contribution in [0, 0.1) is 0 Å². The molecule has 9 heteroatoms. The summed E-state index contributed by atoms with van der Waals surface area (Å²) in [6.07, 6.45) is 1.60. The Hall–Kier alpha value is -3.06. The molecule has 1 N–H and O–H groups in total. The lowest BCUT2D eigenvalue weighted by Crippen LogP contribution is -2.29. The molecule has 0 saturated carbocycles. The number of rotatable bonds is 5. The van der Waals surface area contributed by atoms with E-state index in [1.54, 1.807) is 48.7 Å². The third-order valence-corrected chi connectivity index (χ3v) is 6.07. The first-order valence-corrected chi connectivity index (χ1v) is 10.9. The minimum Gasteiger partial charge on any atom is -0.507 e. The van der Waals surface area contributed by atoms with Crippen molar-refractivity contribution in [2.24, 2.45) is 0 Å². The first kappa shape index (κ1) is 23.1. The van der Waals surface area contributed by atoms with E-state index in [1.807, 2.05) is 0 Å². The van der Waals surface area contributed by atoms with E-state index in [0.29, 0.717) is 16.3 Å². The highest BCUT2D eigenvalue weighted by Gasteiger charge is 2.46. The number of Topliss-reactive ketones (excluding diaryl/α,β-unsaturated/α-hetero) is 1. The molecule has 168 valence electrons. The molecular weight excluding hydrogens is 487 g/mol. The Labute approximate surface area is 205 Å². The molecule has 1 saturated heterocycles. The van der Waals surface area contributed by atoms with Gasteiger partial charge in [-0.05, 0) is 42.0 Å². The Bertz CT molecular complexity index is 1240. The summed E-state index contributed by atoms with van der Waals surface area (Å²) in [5, 5.41) is 12.0. The van der Waals surface area contributed by atoms with E-state index >= 15 is 0 Å². The number of amides is 1. The molecule has 0 radical (unpaired) electrons. The largest absolute Gasteiger partial charge is 0.507 e. The van der Waals surface area contributed by atoms with Crippen molar-refractivity contribution in [3.8, 4) is 5.75 Å². The molecule has 33 heavy (non-hydrogen) atoms. The summed E-state index contributed by atoms with van der Waals surface area (Å²) >= 11 is 18.5. The summed E-state index contributed by atoms with van der Waals surface area (Å²) in [4.78, 5) is 31.8. The number of hydrogen-bond donors (Lipinski definition) is 1. The van der Waals surface area contributed by atoms with Crippen molar-refractivity contribution >= 4 is 52.3 Å². The van der Waals surface area contributed by atoms with Crippen molar-refractivity contribution in [2.75, 3.05) is 7.11 Å². The second-order valence-electron chi connectivity index (χ2n) is 7.27. The number of carbonyl (C=O) groups excluding carboxylic acids is 2. The van der Waals surface area contributed by atoms with Gasteiger partial charge in [0.2, 0.25) is 0 Å². The number of methoxy groups -OCH3 is 1. The van der Waals surface area contributed by atoms with E-state index < -0.39 is 23.5 Å². The molecule has 1 aliphatic heterocycles. The minimum atomic E-state index is -0.871. The fourth-order valence-corrected chi connectivity index (χ4v) is 4.52. The molecular formula is C24H17Cl3N2O4. The Balaban J connectivity index is 1.88. The van der Waals surface area contributed by atoms with Gasteiger partial charge < -0.3 is 14.7 Å². The van der Waals surface area contributed by atoms with E-state index in [2.05, 4.69) is 4.98 Å². The highest BCUT2D eigenvalue weighted by Crippen LogP contribution is 2.42. The smallest absolute Gasteiger partial charge is 0.296 e. The van der Waals surface area contributed by atoms with Crippen molar-refractivity contribution in [1.82, 2.24) is 9.88 Å². The van der Waals surface area contributed by atoms with Crippen LogP contribution in [0.15, 0.2) is 66.4 Å². The zero-order chi connectivity index (χ0) is 23.7. The number of likely N-dealkylation sites (tertiary alicyclic amines) is 1. The molecule has 3 aromatic rings. The number of ether oxygens (including phenoxy) is 1. The van der Waals surface area contributed by atoms with E-state index in [1.165, 1.54) is 24.1 Å². The second kappa shape index (κ2) is 9.43. The number of aromatic nitrogens is 1. The van der Waals surface area contributed by atoms with Crippen molar-refractivity contribution in [3.63, 3.8) is 0 Å². The topological polar surface area (TPSA) is 79.7 Å². The zero-order valence-electron chi connectivity index (χ0n) is 17.3. The number of benzene rings is 2. The predicted octanol–water partition coefficient (Wildman–Crippen LogP) is 5.67. The highest BCUT2D eigenvalue weighted by atomic mass is 35.5. The van der Waals surface area contributed by atoms with Gasteiger partial charge in [-0.25, -0.2) is 0 Å². The first-order valence-electron chi connectivity index (χ1n) is 9.79. The summed E-state index contributed by atoms with van der Waals surface area (Å²) in [5.41, 5.74) is 1.28. The number of hydrogen-bond acceptors (Lipinski definition) is 5. The van der Waals surface area contributed by atoms with Gasteiger partial charge in [0.15, 0.2) is 5.75 Å². The third-order valence-electron chi connectivity index (χ3n) is 5.26. The lowest BCUT2D eigenvalue weighted by atomic mass is 9.95. The Morgan fingerprint density at radius 1 is 1.06 bits per heavy atom. The number of pyridine rings is 1. The maximum Gasteiger partial charge on any atom is 0.296 e. The van der Waals surface area contributed by atoms with Gasteiger partial charge in [0.1, 0.15) is 5.76 Å². The Morgan fingerprint density at radius 2 is 1.73 bits per heavy atom. The maximum absolute atomic E-state index is 13.1. The highest BCUT2D eigenvalue weighted by molar-refractivity contribution is 6.46. The van der Waals surface area contributed by atoms with Gasteiger partial charge in [-0.1, -0.05) is 53.0 Å². The van der Waals surface area contributed by atoms with Crippen LogP contribution in [0.5, 0.6) is 5.75 Å². The van der Waals surface area contributed by atoms with Gasteiger partial charge in [0, 0.05) is 16.8 Å². The van der Waals surface area contributed by atoms with Gasteiger partial charge in [0.05, 0.1) is 41.0 Å². The SMILES string of the molecule is COc1c(Cl)cc(/C(O)=C2\C(=O)C(=O)N(Cc3ccccn3)C2c2ccc(Cl)cc2)cc1Cl. The van der Waals surface area contributed by atoms with Crippen LogP contribution in [0.25, 0.3) is 5.76 Å². The van der Waals surface area contributed by atoms with Gasteiger partial charge in [-0.3, -0.25) is 14.6 Å². The normalized spacial score (nSPS) is 17.5. The summed E-state index contributed by atoms with van der Waals surface area (Å²) in [6.45, 7) is 0.0691. The molecule has 1 aromatic heterocycles. The summed E-state index contributed by atoms with van der Waals surface area (Å²) < 4.78 is 5.15. The average molecular weight is 504 g/mol. The van der Waals surface area contributed by atoms with Crippen molar-refractivity contribution in [2.45, 2.75) is 12.6 Å². The van der Waals surface area contributed by atoms with Gasteiger partial charge in [-0.15, -0.1) is 0 Å². The van der Waals surface area contributed by atoms with Crippen LogP contribution in [0.4, 0.5) is 0 Å². The second-order valence-corrected chi connectivity index (χ2v) is 8.52. The fourth-order valence-electron chi connectivity index (χ4n) is 3.75. The number of aliphatic hydroxyl groups excluding tert-OH is 1. The molecule has 0 aliphatic carbocycles. The lowest BCUT2D eigenvalue weighted by molar-refractivity contribution is -0.140. The minimum absolute atomic E-state index is 0.0691. The van der Waals surface area contributed by atoms with Crippen LogP contribution in [-0.2, 0) is 16.1 Å². The Kier molecular flexibility index (Phi) is 6.61. The van der Waals surface area contributed by atoms with Crippen LogP contribution < -0.4 is 4.74 Å². The molecule has 1 amide bonds. The van der Waals surface area contributed by atoms with E-state index in [0.717, 1.165) is 0 Å². The average Bonchev–Trinajstić information content (AvgIpc) is 3.04. The fraction of sp³-hybridized carbons (Fsp3) is 0.125. The quantitative estimate of drug-likeness (QED) is 0.276. The van der Waals surface area contributed by atoms with Crippen LogP contribution in [0.3, 0.4) is 0 Å².